The van der Waals surface area contributed by atoms with Crippen LogP contribution in [0.25, 0.3) is 16.7 Å². The van der Waals surface area contributed by atoms with Gasteiger partial charge in [-0.25, -0.2) is 19.3 Å². The average Bonchev–Trinajstić information content (AvgIpc) is 3.43. The molecule has 0 bridgehead atoms. The number of carbonyl (C=O) groups is 2. The molecule has 12 nitrogen and oxygen atoms in total. The van der Waals surface area contributed by atoms with Gasteiger partial charge in [-0.2, -0.15) is 5.10 Å². The Hall–Kier alpha value is -3.90. The second-order valence-corrected chi connectivity index (χ2v) is 10.0. The van der Waals surface area contributed by atoms with Crippen molar-refractivity contribution in [3.8, 4) is 0 Å². The van der Waals surface area contributed by atoms with Crippen LogP contribution < -0.4 is 16.0 Å². The fourth-order valence-electron chi connectivity index (χ4n) is 3.70. The molecule has 1 unspecified atom stereocenters. The number of imidazole rings is 2. The number of aromatic nitrogens is 5. The highest BCUT2D eigenvalue weighted by molar-refractivity contribution is 6.29. The summed E-state index contributed by atoms with van der Waals surface area (Å²) in [7, 11) is 1.53. The highest BCUT2D eigenvalue weighted by Gasteiger charge is 2.25. The minimum absolute atomic E-state index is 0.0770. The number of nitrogens with two attached hydrogens (primary N) is 1. The molecule has 4 aromatic rings. The van der Waals surface area contributed by atoms with E-state index >= 15 is 0 Å². The van der Waals surface area contributed by atoms with Gasteiger partial charge in [0.1, 0.15) is 5.60 Å². The predicted molar refractivity (Wildman–Crippen MR) is 140 cm³/mol. The number of aromatic amines is 1. The van der Waals surface area contributed by atoms with Crippen LogP contribution in [-0.2, 0) is 16.1 Å². The van der Waals surface area contributed by atoms with Gasteiger partial charge in [0.15, 0.2) is 16.5 Å². The van der Waals surface area contributed by atoms with Crippen LogP contribution in [0.1, 0.15) is 43.7 Å². The Balaban J connectivity index is 1.44. The highest BCUT2D eigenvalue weighted by atomic mass is 35.5. The Morgan fingerprint density at radius 2 is 2.03 bits per heavy atom. The smallest absolute Gasteiger partial charge is 0.414 e. The standard InChI is InChI=1S/C24H29ClN8O4/c1-13(10-36-11-14-6-15(26)7-16-20(14)29-12-28-16)30-22(34)18-9-27-21-17(8-19(25)31-33(18)21)32(5)23(35)37-24(2,3)4/h6-9,12-13H,10-11,26H2,1-5H3,(H,28,29)(H,30,34). The summed E-state index contributed by atoms with van der Waals surface area (Å²) in [6.07, 6.45) is 2.38. The number of halogens is 1. The van der Waals surface area contributed by atoms with Gasteiger partial charge in [0, 0.05) is 30.4 Å². The van der Waals surface area contributed by atoms with E-state index < -0.39 is 17.6 Å². The quantitative estimate of drug-likeness (QED) is 0.308. The third-order valence-corrected chi connectivity index (χ3v) is 5.49. The Morgan fingerprint density at radius 1 is 1.27 bits per heavy atom. The molecule has 4 N–H and O–H groups in total. The van der Waals surface area contributed by atoms with Gasteiger partial charge in [-0.05, 0) is 39.8 Å². The number of anilines is 2. The molecule has 0 saturated heterocycles. The number of nitrogens with zero attached hydrogens (tertiary/aromatic N) is 5. The van der Waals surface area contributed by atoms with Crippen LogP contribution in [0.5, 0.6) is 0 Å². The molecule has 0 aliphatic heterocycles. The van der Waals surface area contributed by atoms with Crippen LogP contribution in [0, 0.1) is 0 Å². The zero-order valence-electron chi connectivity index (χ0n) is 21.2. The van der Waals surface area contributed by atoms with Gasteiger partial charge in [0.25, 0.3) is 5.91 Å². The van der Waals surface area contributed by atoms with Gasteiger partial charge in [-0.1, -0.05) is 11.6 Å². The monoisotopic (exact) mass is 528 g/mol. The summed E-state index contributed by atoms with van der Waals surface area (Å²) < 4.78 is 12.5. The molecule has 0 aliphatic carbocycles. The van der Waals surface area contributed by atoms with E-state index in [4.69, 9.17) is 26.8 Å². The lowest BCUT2D eigenvalue weighted by Gasteiger charge is -2.24. The van der Waals surface area contributed by atoms with Gasteiger partial charge in [-0.3, -0.25) is 9.69 Å². The summed E-state index contributed by atoms with van der Waals surface area (Å²) in [6.45, 7) is 7.63. The summed E-state index contributed by atoms with van der Waals surface area (Å²) in [5.41, 5.74) is 9.10. The maximum atomic E-state index is 13.0. The predicted octanol–water partition coefficient (Wildman–Crippen LogP) is 3.55. The van der Waals surface area contributed by atoms with Crippen LogP contribution in [0.2, 0.25) is 5.15 Å². The zero-order valence-corrected chi connectivity index (χ0v) is 22.0. The first-order valence-corrected chi connectivity index (χ1v) is 11.9. The number of nitrogen functional groups attached to an aromatic ring is 1. The van der Waals surface area contributed by atoms with E-state index in [-0.39, 0.29) is 35.7 Å². The van der Waals surface area contributed by atoms with E-state index in [9.17, 15) is 9.59 Å². The fourth-order valence-corrected chi connectivity index (χ4v) is 3.88. The van der Waals surface area contributed by atoms with Crippen LogP contribution in [0.15, 0.2) is 30.7 Å². The summed E-state index contributed by atoms with van der Waals surface area (Å²) in [6, 6.07) is 4.77. The first-order chi connectivity index (χ1) is 17.4. The van der Waals surface area contributed by atoms with Crippen molar-refractivity contribution in [3.63, 3.8) is 0 Å². The van der Waals surface area contributed by atoms with E-state index in [1.807, 2.05) is 19.1 Å². The zero-order chi connectivity index (χ0) is 26.9. The molecule has 0 spiro atoms. The summed E-state index contributed by atoms with van der Waals surface area (Å²) >= 11 is 6.21. The number of benzene rings is 1. The highest BCUT2D eigenvalue weighted by Crippen LogP contribution is 2.25. The summed E-state index contributed by atoms with van der Waals surface area (Å²) in [5.74, 6) is -0.428. The number of hydrogen-bond acceptors (Lipinski definition) is 8. The first-order valence-electron chi connectivity index (χ1n) is 11.5. The van der Waals surface area contributed by atoms with Crippen molar-refractivity contribution in [1.29, 1.82) is 0 Å². The third kappa shape index (κ3) is 5.92. The largest absolute Gasteiger partial charge is 0.443 e. The Bertz CT molecular complexity index is 1460. The van der Waals surface area contributed by atoms with Gasteiger partial charge >= 0.3 is 6.09 Å². The van der Waals surface area contributed by atoms with E-state index in [2.05, 4.69) is 25.4 Å². The minimum atomic E-state index is -0.686. The average molecular weight is 529 g/mol. The number of fused-ring (bicyclic) bond motifs is 2. The molecule has 0 aliphatic rings. The topological polar surface area (TPSA) is 153 Å². The fraction of sp³-hybridized carbons (Fsp3) is 0.375. The normalized spacial score (nSPS) is 12.6. The number of carbonyl (C=O) groups excluding carboxylic acids is 2. The minimum Gasteiger partial charge on any atom is -0.443 e. The molecule has 1 atom stereocenters. The number of ether oxygens (including phenoxy) is 2. The molecule has 13 heteroatoms. The van der Waals surface area contributed by atoms with Crippen molar-refractivity contribution in [2.75, 3.05) is 24.3 Å². The van der Waals surface area contributed by atoms with Crippen LogP contribution in [0.3, 0.4) is 0 Å². The molecular weight excluding hydrogens is 500 g/mol. The number of nitrogens with one attached hydrogen (secondary N) is 2. The van der Waals surface area contributed by atoms with Gasteiger partial charge in [0.2, 0.25) is 0 Å². The maximum absolute atomic E-state index is 13.0. The molecule has 0 saturated carbocycles. The Kier molecular flexibility index (Phi) is 7.23. The number of amides is 2. The van der Waals surface area contributed by atoms with E-state index in [0.717, 1.165) is 16.6 Å². The molecule has 196 valence electrons. The SMILES string of the molecule is CC(COCc1cc(N)cc2[nH]cnc12)NC(=O)c1cnc2c(N(C)C(=O)OC(C)(C)C)cc(Cl)nn12. The molecule has 37 heavy (non-hydrogen) atoms. The maximum Gasteiger partial charge on any atom is 0.414 e. The van der Waals surface area contributed by atoms with Crippen molar-refractivity contribution in [1.82, 2.24) is 29.9 Å². The first kappa shape index (κ1) is 26.2. The van der Waals surface area contributed by atoms with Crippen molar-refractivity contribution >= 4 is 51.7 Å². The van der Waals surface area contributed by atoms with Crippen LogP contribution in [0.4, 0.5) is 16.2 Å². The molecule has 4 rings (SSSR count). The molecule has 0 radical (unpaired) electrons. The molecule has 1 aromatic carbocycles. The summed E-state index contributed by atoms with van der Waals surface area (Å²) in [5, 5.41) is 7.15. The van der Waals surface area contributed by atoms with Gasteiger partial charge in [-0.15, -0.1) is 0 Å². The van der Waals surface area contributed by atoms with Crippen molar-refractivity contribution in [3.05, 3.63) is 47.1 Å². The van der Waals surface area contributed by atoms with Crippen molar-refractivity contribution < 1.29 is 19.1 Å². The van der Waals surface area contributed by atoms with Gasteiger partial charge in [0.05, 0.1) is 42.5 Å². The van der Waals surface area contributed by atoms with Crippen molar-refractivity contribution in [2.24, 2.45) is 0 Å². The van der Waals surface area contributed by atoms with Crippen LogP contribution >= 0.6 is 11.6 Å². The second kappa shape index (κ2) is 10.2. The van der Waals surface area contributed by atoms with Crippen LogP contribution in [-0.4, -0.2) is 61.9 Å². The van der Waals surface area contributed by atoms with Crippen molar-refractivity contribution in [2.45, 2.75) is 45.9 Å². The Morgan fingerprint density at radius 3 is 2.76 bits per heavy atom. The molecular formula is C24H29ClN8O4. The van der Waals surface area contributed by atoms with E-state index in [1.165, 1.54) is 28.7 Å². The number of hydrogen-bond donors (Lipinski definition) is 3. The van der Waals surface area contributed by atoms with E-state index in [1.54, 1.807) is 27.1 Å². The number of rotatable bonds is 7. The lowest BCUT2D eigenvalue weighted by Crippen LogP contribution is -2.36. The Labute approximate surface area is 218 Å². The molecule has 0 fully saturated rings. The molecule has 3 aromatic heterocycles. The third-order valence-electron chi connectivity index (χ3n) is 5.31. The second-order valence-electron chi connectivity index (χ2n) is 9.64. The molecule has 3 heterocycles. The lowest BCUT2D eigenvalue weighted by atomic mass is 10.1. The lowest BCUT2D eigenvalue weighted by molar-refractivity contribution is 0.0589. The molecule has 2 amide bonds. The number of H-pyrrole nitrogens is 1. The summed E-state index contributed by atoms with van der Waals surface area (Å²) in [4.78, 5) is 38.5. The van der Waals surface area contributed by atoms with Gasteiger partial charge < -0.3 is 25.5 Å². The van der Waals surface area contributed by atoms with E-state index in [0.29, 0.717) is 11.4 Å².